The molecule has 5 nitrogen and oxygen atoms in total. The number of nitro benzene ring substituents is 1. The van der Waals surface area contributed by atoms with E-state index in [1.54, 1.807) is 11.9 Å². The molecule has 0 amide bonds. The van der Waals surface area contributed by atoms with Crippen LogP contribution in [0.15, 0.2) is 12.1 Å². The summed E-state index contributed by atoms with van der Waals surface area (Å²) < 4.78 is 13.6. The fourth-order valence-corrected chi connectivity index (χ4v) is 2.70. The number of nitro groups is 1. The molecule has 0 bridgehead atoms. The van der Waals surface area contributed by atoms with Crippen molar-refractivity contribution in [1.29, 1.82) is 0 Å². The lowest BCUT2D eigenvalue weighted by Gasteiger charge is -2.28. The Balaban J connectivity index is 2.34. The molecule has 1 atom stereocenters. The maximum Gasteiger partial charge on any atom is 0.294 e. The molecule has 0 aliphatic carbocycles. The van der Waals surface area contributed by atoms with Crippen LogP contribution in [0.1, 0.15) is 19.3 Å². The van der Waals surface area contributed by atoms with Gasteiger partial charge >= 0.3 is 0 Å². The van der Waals surface area contributed by atoms with Crippen LogP contribution in [0.4, 0.5) is 15.8 Å². The minimum absolute atomic E-state index is 0.156. The highest BCUT2D eigenvalue weighted by molar-refractivity contribution is 6.31. The zero-order valence-electron chi connectivity index (χ0n) is 11.2. The number of halogens is 2. The van der Waals surface area contributed by atoms with Crippen LogP contribution in [0, 0.1) is 15.9 Å². The van der Waals surface area contributed by atoms with Gasteiger partial charge in [0.25, 0.3) is 5.69 Å². The molecule has 0 saturated carbocycles. The maximum absolute atomic E-state index is 13.6. The van der Waals surface area contributed by atoms with Crippen molar-refractivity contribution in [1.82, 2.24) is 5.32 Å². The van der Waals surface area contributed by atoms with Gasteiger partial charge in [0.05, 0.1) is 9.95 Å². The van der Waals surface area contributed by atoms with Crippen molar-refractivity contribution >= 4 is 23.0 Å². The summed E-state index contributed by atoms with van der Waals surface area (Å²) in [5, 5.41) is 14.2. The van der Waals surface area contributed by atoms with E-state index < -0.39 is 10.7 Å². The molecule has 1 saturated heterocycles. The standard InChI is InChI=1S/C13H17ClFN3O2/c1-17(9-3-2-5-16-6-4-9)12-8-11(15)10(14)7-13(12)18(19)20/h7-9,16H,2-6H2,1H3. The Bertz CT molecular complexity index is 505. The third-order valence-electron chi connectivity index (χ3n) is 3.69. The lowest BCUT2D eigenvalue weighted by molar-refractivity contribution is -0.384. The Labute approximate surface area is 121 Å². The number of nitrogens with zero attached hydrogens (tertiary/aromatic N) is 2. The molecule has 1 fully saturated rings. The summed E-state index contributed by atoms with van der Waals surface area (Å²) in [5.74, 6) is -0.633. The van der Waals surface area contributed by atoms with Crippen molar-refractivity contribution in [2.75, 3.05) is 25.0 Å². The predicted octanol–water partition coefficient (Wildman–Crippen LogP) is 2.97. The summed E-state index contributed by atoms with van der Waals surface area (Å²) in [7, 11) is 1.77. The monoisotopic (exact) mass is 301 g/mol. The van der Waals surface area contributed by atoms with E-state index in [1.165, 1.54) is 0 Å². The minimum atomic E-state index is -0.633. The number of hydrogen-bond donors (Lipinski definition) is 1. The summed E-state index contributed by atoms with van der Waals surface area (Å²) >= 11 is 5.64. The summed E-state index contributed by atoms with van der Waals surface area (Å²) in [5.41, 5.74) is 0.125. The predicted molar refractivity (Wildman–Crippen MR) is 77.0 cm³/mol. The second-order valence-electron chi connectivity index (χ2n) is 4.96. The van der Waals surface area contributed by atoms with Crippen molar-refractivity contribution in [2.45, 2.75) is 25.3 Å². The highest BCUT2D eigenvalue weighted by atomic mass is 35.5. The topological polar surface area (TPSA) is 58.4 Å². The van der Waals surface area contributed by atoms with Gasteiger partial charge < -0.3 is 10.2 Å². The SMILES string of the molecule is CN(c1cc(F)c(Cl)cc1[N+](=O)[O-])C1CCCNCC1. The molecule has 1 aromatic carbocycles. The highest BCUT2D eigenvalue weighted by Crippen LogP contribution is 2.34. The van der Waals surface area contributed by atoms with Crippen LogP contribution in [0.5, 0.6) is 0 Å². The number of anilines is 1. The maximum atomic E-state index is 13.6. The van der Waals surface area contributed by atoms with Crippen LogP contribution >= 0.6 is 11.6 Å². The van der Waals surface area contributed by atoms with Crippen LogP contribution in [0.2, 0.25) is 5.02 Å². The van der Waals surface area contributed by atoms with E-state index in [0.29, 0.717) is 0 Å². The lowest BCUT2D eigenvalue weighted by Crippen LogP contribution is -2.33. The normalized spacial score (nSPS) is 19.4. The first kappa shape index (κ1) is 15.0. The van der Waals surface area contributed by atoms with Gasteiger partial charge in [-0.05, 0) is 32.4 Å². The Hall–Kier alpha value is -1.40. The van der Waals surface area contributed by atoms with E-state index >= 15 is 0 Å². The first-order chi connectivity index (χ1) is 9.50. The lowest BCUT2D eigenvalue weighted by atomic mass is 10.1. The summed E-state index contributed by atoms with van der Waals surface area (Å²) in [6, 6.07) is 2.39. The molecule has 2 rings (SSSR count). The largest absolute Gasteiger partial charge is 0.366 e. The molecule has 0 aromatic heterocycles. The van der Waals surface area contributed by atoms with E-state index in [4.69, 9.17) is 11.6 Å². The van der Waals surface area contributed by atoms with Crippen molar-refractivity contribution in [3.8, 4) is 0 Å². The Morgan fingerprint density at radius 1 is 1.45 bits per heavy atom. The molecular formula is C13H17ClFN3O2. The van der Waals surface area contributed by atoms with Gasteiger partial charge in [-0.1, -0.05) is 11.6 Å². The molecule has 110 valence electrons. The fourth-order valence-electron chi connectivity index (χ4n) is 2.54. The van der Waals surface area contributed by atoms with Gasteiger partial charge in [0.1, 0.15) is 11.5 Å². The van der Waals surface area contributed by atoms with Crippen molar-refractivity contribution < 1.29 is 9.31 Å². The van der Waals surface area contributed by atoms with E-state index in [1.807, 2.05) is 0 Å². The zero-order chi connectivity index (χ0) is 14.7. The molecule has 1 unspecified atom stereocenters. The van der Waals surface area contributed by atoms with Gasteiger partial charge in [-0.2, -0.15) is 0 Å². The summed E-state index contributed by atoms with van der Waals surface area (Å²) in [6.45, 7) is 1.81. The van der Waals surface area contributed by atoms with Gasteiger partial charge in [0.2, 0.25) is 0 Å². The van der Waals surface area contributed by atoms with Gasteiger partial charge in [-0.25, -0.2) is 4.39 Å². The Kier molecular flexibility index (Phi) is 4.77. The number of benzene rings is 1. The fraction of sp³-hybridized carbons (Fsp3) is 0.538. The van der Waals surface area contributed by atoms with Crippen molar-refractivity contribution in [3.05, 3.63) is 33.1 Å². The second kappa shape index (κ2) is 6.37. The van der Waals surface area contributed by atoms with E-state index in [9.17, 15) is 14.5 Å². The van der Waals surface area contributed by atoms with Crippen LogP contribution in [0.25, 0.3) is 0 Å². The quantitative estimate of drug-likeness (QED) is 0.689. The average molecular weight is 302 g/mol. The van der Waals surface area contributed by atoms with Gasteiger partial charge in [-0.3, -0.25) is 10.1 Å². The zero-order valence-corrected chi connectivity index (χ0v) is 12.0. The van der Waals surface area contributed by atoms with Crippen LogP contribution in [-0.2, 0) is 0 Å². The van der Waals surface area contributed by atoms with Gasteiger partial charge in [0, 0.05) is 25.2 Å². The molecule has 20 heavy (non-hydrogen) atoms. The molecule has 1 aliphatic rings. The van der Waals surface area contributed by atoms with Crippen LogP contribution < -0.4 is 10.2 Å². The van der Waals surface area contributed by atoms with Crippen LogP contribution in [0.3, 0.4) is 0 Å². The summed E-state index contributed by atoms with van der Waals surface area (Å²) in [6.07, 6.45) is 2.79. The highest BCUT2D eigenvalue weighted by Gasteiger charge is 2.25. The Morgan fingerprint density at radius 2 is 2.20 bits per heavy atom. The van der Waals surface area contributed by atoms with Gasteiger partial charge in [-0.15, -0.1) is 0 Å². The molecule has 0 radical (unpaired) electrons. The minimum Gasteiger partial charge on any atom is -0.366 e. The van der Waals surface area contributed by atoms with E-state index in [2.05, 4.69) is 5.32 Å². The van der Waals surface area contributed by atoms with Crippen molar-refractivity contribution in [3.63, 3.8) is 0 Å². The molecule has 1 N–H and O–H groups in total. The van der Waals surface area contributed by atoms with E-state index in [0.717, 1.165) is 44.5 Å². The first-order valence-corrected chi connectivity index (χ1v) is 6.95. The first-order valence-electron chi connectivity index (χ1n) is 6.57. The second-order valence-corrected chi connectivity index (χ2v) is 5.36. The number of hydrogen-bond acceptors (Lipinski definition) is 4. The van der Waals surface area contributed by atoms with E-state index in [-0.39, 0.29) is 22.4 Å². The van der Waals surface area contributed by atoms with Gasteiger partial charge in [0.15, 0.2) is 0 Å². The third-order valence-corrected chi connectivity index (χ3v) is 3.98. The number of rotatable bonds is 3. The Morgan fingerprint density at radius 3 is 2.90 bits per heavy atom. The molecule has 1 aromatic rings. The summed E-state index contributed by atoms with van der Waals surface area (Å²) in [4.78, 5) is 12.4. The molecule has 7 heteroatoms. The third kappa shape index (κ3) is 3.19. The van der Waals surface area contributed by atoms with Crippen LogP contribution in [-0.4, -0.2) is 31.1 Å². The molecule has 0 spiro atoms. The smallest absolute Gasteiger partial charge is 0.294 e. The molecule has 1 heterocycles. The van der Waals surface area contributed by atoms with Crippen molar-refractivity contribution in [2.24, 2.45) is 0 Å². The average Bonchev–Trinajstić information content (AvgIpc) is 2.69. The number of nitrogens with one attached hydrogen (secondary N) is 1. The molecule has 1 aliphatic heterocycles. The molecular weight excluding hydrogens is 285 g/mol.